The number of nitrogens with zero attached hydrogens (tertiary/aromatic N) is 1. The van der Waals surface area contributed by atoms with Crippen molar-refractivity contribution in [1.82, 2.24) is 4.98 Å². The molecule has 0 unspecified atom stereocenters. The second-order valence-electron chi connectivity index (χ2n) is 3.09. The first-order chi connectivity index (χ1) is 6.29. The summed E-state index contributed by atoms with van der Waals surface area (Å²) in [7, 11) is 0. The van der Waals surface area contributed by atoms with E-state index >= 15 is 0 Å². The van der Waals surface area contributed by atoms with Crippen LogP contribution >= 0.6 is 15.9 Å². The van der Waals surface area contributed by atoms with Gasteiger partial charge in [-0.1, -0.05) is 6.07 Å². The van der Waals surface area contributed by atoms with Crippen molar-refractivity contribution in [3.63, 3.8) is 0 Å². The van der Waals surface area contributed by atoms with Crippen LogP contribution in [0, 0.1) is 0 Å². The van der Waals surface area contributed by atoms with Crippen molar-refractivity contribution in [3.05, 3.63) is 28.5 Å². The minimum absolute atomic E-state index is 0.0584. The lowest BCUT2D eigenvalue weighted by Gasteiger charge is -2.13. The van der Waals surface area contributed by atoms with E-state index in [1.165, 1.54) is 0 Å². The highest BCUT2D eigenvalue weighted by Gasteiger charge is 2.29. The van der Waals surface area contributed by atoms with Gasteiger partial charge in [0.15, 0.2) is 0 Å². The molecule has 0 saturated carbocycles. The monoisotopic (exact) mass is 243 g/mol. The summed E-state index contributed by atoms with van der Waals surface area (Å²) >= 11 is 3.36. The molecule has 70 valence electrons. The third-order valence-electron chi connectivity index (χ3n) is 2.24. The van der Waals surface area contributed by atoms with Crippen molar-refractivity contribution in [1.29, 1.82) is 0 Å². The quantitative estimate of drug-likeness (QED) is 0.757. The van der Waals surface area contributed by atoms with Gasteiger partial charge in [0.05, 0.1) is 19.3 Å². The van der Waals surface area contributed by atoms with Gasteiger partial charge in [-0.05, 0) is 27.6 Å². The summed E-state index contributed by atoms with van der Waals surface area (Å²) in [4.78, 5) is 4.11. The fourth-order valence-electron chi connectivity index (χ4n) is 1.52. The lowest BCUT2D eigenvalue weighted by Crippen LogP contribution is -2.16. The summed E-state index contributed by atoms with van der Waals surface area (Å²) in [5.41, 5.74) is 1.02. The van der Waals surface area contributed by atoms with Gasteiger partial charge in [0.1, 0.15) is 4.60 Å². The molecule has 0 amide bonds. The van der Waals surface area contributed by atoms with E-state index in [0.717, 1.165) is 10.2 Å². The van der Waals surface area contributed by atoms with Crippen molar-refractivity contribution in [3.8, 4) is 0 Å². The van der Waals surface area contributed by atoms with Crippen LogP contribution in [0.25, 0.3) is 0 Å². The van der Waals surface area contributed by atoms with Crippen LogP contribution in [0.3, 0.4) is 0 Å². The third-order valence-corrected chi connectivity index (χ3v) is 2.90. The van der Waals surface area contributed by atoms with Gasteiger partial charge >= 0.3 is 0 Å². The smallest absolute Gasteiger partial charge is 0.109 e. The zero-order chi connectivity index (χ0) is 9.26. The lowest BCUT2D eigenvalue weighted by atomic mass is 9.98. The van der Waals surface area contributed by atoms with Gasteiger partial charge < -0.3 is 9.84 Å². The van der Waals surface area contributed by atoms with Crippen molar-refractivity contribution >= 4 is 15.9 Å². The Bertz CT molecular complexity index is 305. The molecule has 1 N–H and O–H groups in total. The van der Waals surface area contributed by atoms with Crippen LogP contribution in [0.4, 0.5) is 0 Å². The highest BCUT2D eigenvalue weighted by atomic mass is 79.9. The highest BCUT2D eigenvalue weighted by Crippen LogP contribution is 2.29. The van der Waals surface area contributed by atoms with Crippen LogP contribution in [-0.4, -0.2) is 29.4 Å². The maximum Gasteiger partial charge on any atom is 0.109 e. The second kappa shape index (κ2) is 3.74. The Kier molecular flexibility index (Phi) is 2.62. The van der Waals surface area contributed by atoms with E-state index < -0.39 is 6.10 Å². The van der Waals surface area contributed by atoms with Gasteiger partial charge in [-0.2, -0.15) is 0 Å². The van der Waals surface area contributed by atoms with Crippen molar-refractivity contribution in [2.24, 2.45) is 0 Å². The molecular weight excluding hydrogens is 234 g/mol. The van der Waals surface area contributed by atoms with Crippen LogP contribution in [0.5, 0.6) is 0 Å². The molecule has 0 radical (unpaired) electrons. The van der Waals surface area contributed by atoms with E-state index in [4.69, 9.17) is 4.74 Å². The van der Waals surface area contributed by atoms with E-state index in [2.05, 4.69) is 20.9 Å². The molecular formula is C9H10BrNO2. The minimum atomic E-state index is -0.402. The van der Waals surface area contributed by atoms with Crippen molar-refractivity contribution in [2.75, 3.05) is 13.2 Å². The zero-order valence-corrected chi connectivity index (χ0v) is 8.57. The van der Waals surface area contributed by atoms with E-state index in [1.807, 2.05) is 12.1 Å². The average molecular weight is 244 g/mol. The van der Waals surface area contributed by atoms with E-state index in [1.54, 1.807) is 6.20 Å². The molecule has 1 aromatic rings. The molecule has 2 heterocycles. The van der Waals surface area contributed by atoms with Crippen LogP contribution < -0.4 is 0 Å². The molecule has 0 bridgehead atoms. The molecule has 13 heavy (non-hydrogen) atoms. The van der Waals surface area contributed by atoms with Crippen molar-refractivity contribution in [2.45, 2.75) is 12.0 Å². The van der Waals surface area contributed by atoms with Crippen LogP contribution in [0.2, 0.25) is 0 Å². The van der Waals surface area contributed by atoms with Crippen molar-refractivity contribution < 1.29 is 9.84 Å². The molecule has 2 rings (SSSR count). The molecule has 0 spiro atoms. The van der Waals surface area contributed by atoms with E-state index in [-0.39, 0.29) is 5.92 Å². The number of hydrogen-bond donors (Lipinski definition) is 1. The molecule has 1 fully saturated rings. The number of aromatic nitrogens is 1. The Balaban J connectivity index is 2.29. The van der Waals surface area contributed by atoms with Gasteiger partial charge in [-0.25, -0.2) is 4.98 Å². The minimum Gasteiger partial charge on any atom is -0.390 e. The van der Waals surface area contributed by atoms with Gasteiger partial charge in [0.2, 0.25) is 0 Å². The molecule has 1 aliphatic heterocycles. The van der Waals surface area contributed by atoms with Gasteiger partial charge in [0, 0.05) is 12.1 Å². The number of aliphatic hydroxyl groups excluding tert-OH is 1. The fourth-order valence-corrected chi connectivity index (χ4v) is 2.06. The van der Waals surface area contributed by atoms with E-state index in [9.17, 15) is 5.11 Å². The Morgan fingerprint density at radius 3 is 3.00 bits per heavy atom. The first-order valence-electron chi connectivity index (χ1n) is 4.15. The Hall–Kier alpha value is -0.450. The molecule has 2 atom stereocenters. The first-order valence-corrected chi connectivity index (χ1v) is 4.94. The summed E-state index contributed by atoms with van der Waals surface area (Å²) in [6.07, 6.45) is 1.32. The molecule has 0 aromatic carbocycles. The largest absolute Gasteiger partial charge is 0.390 e. The molecule has 0 aliphatic carbocycles. The standard InChI is InChI=1S/C9H10BrNO2/c10-9-6(2-1-3-11-9)7-4-13-5-8(7)12/h1-3,7-8,12H,4-5H2/t7-,8+/m0/s1. The highest BCUT2D eigenvalue weighted by molar-refractivity contribution is 9.10. The SMILES string of the molecule is O[C@@H]1COC[C@H]1c1cccnc1Br. The number of pyridine rings is 1. The molecule has 4 heteroatoms. The Morgan fingerprint density at radius 2 is 2.38 bits per heavy atom. The number of rotatable bonds is 1. The summed E-state index contributed by atoms with van der Waals surface area (Å²) in [5.74, 6) is 0.0584. The third kappa shape index (κ3) is 1.75. The molecule has 3 nitrogen and oxygen atoms in total. The topological polar surface area (TPSA) is 42.4 Å². The molecule has 1 aromatic heterocycles. The number of aliphatic hydroxyl groups is 1. The van der Waals surface area contributed by atoms with Gasteiger partial charge in [-0.15, -0.1) is 0 Å². The van der Waals surface area contributed by atoms with Crippen LogP contribution in [0.1, 0.15) is 11.5 Å². The van der Waals surface area contributed by atoms with Crippen LogP contribution in [-0.2, 0) is 4.74 Å². The normalized spacial score (nSPS) is 27.8. The van der Waals surface area contributed by atoms with Gasteiger partial charge in [0.25, 0.3) is 0 Å². The summed E-state index contributed by atoms with van der Waals surface area (Å²) < 4.78 is 5.98. The predicted octanol–water partition coefficient (Wildman–Crippen LogP) is 1.32. The molecule has 1 saturated heterocycles. The van der Waals surface area contributed by atoms with Gasteiger partial charge in [-0.3, -0.25) is 0 Å². The second-order valence-corrected chi connectivity index (χ2v) is 3.85. The summed E-state index contributed by atoms with van der Waals surface area (Å²) in [6.45, 7) is 0.997. The number of ether oxygens (including phenoxy) is 1. The first kappa shape index (κ1) is 9.12. The lowest BCUT2D eigenvalue weighted by molar-refractivity contribution is 0.124. The van der Waals surface area contributed by atoms with E-state index in [0.29, 0.717) is 13.2 Å². The Labute approximate surface area is 84.9 Å². The summed E-state index contributed by atoms with van der Waals surface area (Å²) in [6, 6.07) is 3.82. The average Bonchev–Trinajstić information content (AvgIpc) is 2.52. The number of halogens is 1. The summed E-state index contributed by atoms with van der Waals surface area (Å²) in [5, 5.41) is 9.59. The Morgan fingerprint density at radius 1 is 1.54 bits per heavy atom. The molecule has 1 aliphatic rings. The maximum absolute atomic E-state index is 9.59. The predicted molar refractivity (Wildman–Crippen MR) is 51.5 cm³/mol. The number of hydrogen-bond acceptors (Lipinski definition) is 3. The fraction of sp³-hybridized carbons (Fsp3) is 0.444. The maximum atomic E-state index is 9.59. The van der Waals surface area contributed by atoms with Crippen LogP contribution in [0.15, 0.2) is 22.9 Å². The zero-order valence-electron chi connectivity index (χ0n) is 6.98.